The SMILES string of the molecule is CCC(=O)[C@H](C)[C@@H]1O[Si](C(C)(C)C)(C(C)(C)C)[C@H](C)[C@H]1C. The zero-order chi connectivity index (χ0) is 16.8. The monoisotopic (exact) mass is 312 g/mol. The smallest absolute Gasteiger partial charge is 0.206 e. The molecule has 21 heavy (non-hydrogen) atoms. The van der Waals surface area contributed by atoms with E-state index >= 15 is 0 Å². The molecular formula is C18H36O2Si. The maximum absolute atomic E-state index is 12.2. The summed E-state index contributed by atoms with van der Waals surface area (Å²) in [6.45, 7) is 22.7. The van der Waals surface area contributed by atoms with E-state index in [2.05, 4.69) is 62.3 Å². The summed E-state index contributed by atoms with van der Waals surface area (Å²) in [7, 11) is -2.04. The molecule has 3 heteroatoms. The van der Waals surface area contributed by atoms with Crippen LogP contribution >= 0.6 is 0 Å². The van der Waals surface area contributed by atoms with E-state index in [0.717, 1.165) is 0 Å². The van der Waals surface area contributed by atoms with Gasteiger partial charge in [-0.05, 0) is 21.5 Å². The Kier molecular flexibility index (Phi) is 5.22. The third-order valence-corrected chi connectivity index (χ3v) is 12.8. The van der Waals surface area contributed by atoms with E-state index in [-0.39, 0.29) is 22.1 Å². The Balaban J connectivity index is 3.30. The van der Waals surface area contributed by atoms with Gasteiger partial charge in [-0.3, -0.25) is 4.79 Å². The van der Waals surface area contributed by atoms with E-state index in [9.17, 15) is 4.79 Å². The molecule has 1 fully saturated rings. The van der Waals surface area contributed by atoms with E-state index < -0.39 is 8.32 Å². The Hall–Kier alpha value is -0.153. The molecule has 0 aromatic rings. The van der Waals surface area contributed by atoms with Crippen molar-refractivity contribution in [2.24, 2.45) is 11.8 Å². The quantitative estimate of drug-likeness (QED) is 0.637. The van der Waals surface area contributed by atoms with Crippen molar-refractivity contribution < 1.29 is 9.22 Å². The molecule has 0 unspecified atom stereocenters. The molecule has 0 radical (unpaired) electrons. The summed E-state index contributed by atoms with van der Waals surface area (Å²) in [5, 5.41) is 0.339. The molecule has 4 atom stereocenters. The number of rotatable bonds is 3. The van der Waals surface area contributed by atoms with Crippen LogP contribution in [0.3, 0.4) is 0 Å². The van der Waals surface area contributed by atoms with Crippen molar-refractivity contribution in [1.82, 2.24) is 0 Å². The standard InChI is InChI=1S/C18H36O2Si/c1-11-15(19)13(3)16-12(2)14(4)21(20-16,17(5,6)7)18(8,9)10/h12-14,16H,11H2,1-10H3/t12-,13+,14-,16-/m1/s1. The maximum Gasteiger partial charge on any atom is 0.206 e. The van der Waals surface area contributed by atoms with Crippen molar-refractivity contribution in [2.45, 2.75) is 97.4 Å². The topological polar surface area (TPSA) is 26.3 Å². The third-order valence-electron chi connectivity index (χ3n) is 5.85. The van der Waals surface area contributed by atoms with Gasteiger partial charge in [0.1, 0.15) is 5.78 Å². The number of Topliss-reactive ketones (excluding diaryl/α,β-unsaturated/α-hetero) is 1. The molecule has 0 aromatic carbocycles. The minimum Gasteiger partial charge on any atom is -0.412 e. The Labute approximate surface area is 133 Å². The van der Waals surface area contributed by atoms with Gasteiger partial charge in [-0.2, -0.15) is 0 Å². The summed E-state index contributed by atoms with van der Waals surface area (Å²) in [5.74, 6) is 0.818. The van der Waals surface area contributed by atoms with Crippen LogP contribution in [0, 0.1) is 11.8 Å². The fourth-order valence-electron chi connectivity index (χ4n) is 4.99. The van der Waals surface area contributed by atoms with Gasteiger partial charge >= 0.3 is 0 Å². The molecule has 1 aliphatic rings. The van der Waals surface area contributed by atoms with Gasteiger partial charge in [0, 0.05) is 12.3 Å². The van der Waals surface area contributed by atoms with Crippen molar-refractivity contribution in [1.29, 1.82) is 0 Å². The van der Waals surface area contributed by atoms with E-state index in [4.69, 9.17) is 4.43 Å². The van der Waals surface area contributed by atoms with Crippen molar-refractivity contribution in [2.75, 3.05) is 0 Å². The minimum atomic E-state index is -2.04. The molecule has 1 heterocycles. The molecule has 0 N–H and O–H groups in total. The molecule has 0 aliphatic carbocycles. The van der Waals surface area contributed by atoms with Crippen LogP contribution in [0.5, 0.6) is 0 Å². The van der Waals surface area contributed by atoms with Gasteiger partial charge in [0.15, 0.2) is 0 Å². The number of ketones is 1. The number of hydrogen-bond donors (Lipinski definition) is 0. The summed E-state index contributed by atoms with van der Waals surface area (Å²) >= 11 is 0. The van der Waals surface area contributed by atoms with Crippen LogP contribution in [-0.4, -0.2) is 20.2 Å². The van der Waals surface area contributed by atoms with Crippen molar-refractivity contribution in [3.63, 3.8) is 0 Å². The second-order valence-corrected chi connectivity index (χ2v) is 14.7. The molecule has 2 nitrogen and oxygen atoms in total. The second kappa shape index (κ2) is 5.81. The molecule has 0 bridgehead atoms. The lowest BCUT2D eigenvalue weighted by Crippen LogP contribution is -2.55. The van der Waals surface area contributed by atoms with Gasteiger partial charge in [0.25, 0.3) is 0 Å². The minimum absolute atomic E-state index is 0.0199. The molecular weight excluding hydrogens is 276 g/mol. The average molecular weight is 313 g/mol. The Morgan fingerprint density at radius 3 is 1.81 bits per heavy atom. The lowest BCUT2D eigenvalue weighted by atomic mass is 9.88. The zero-order valence-corrected chi connectivity index (χ0v) is 16.8. The van der Waals surface area contributed by atoms with Gasteiger partial charge < -0.3 is 4.43 Å². The van der Waals surface area contributed by atoms with Crippen molar-refractivity contribution in [3.8, 4) is 0 Å². The highest BCUT2D eigenvalue weighted by Crippen LogP contribution is 2.64. The average Bonchev–Trinajstić information content (AvgIpc) is 2.60. The normalized spacial score (nSPS) is 31.2. The Morgan fingerprint density at radius 1 is 1.10 bits per heavy atom. The molecule has 0 saturated carbocycles. The van der Waals surface area contributed by atoms with Crippen LogP contribution in [0.4, 0.5) is 0 Å². The summed E-state index contributed by atoms with van der Waals surface area (Å²) in [5.41, 5.74) is 0.564. The highest BCUT2D eigenvalue weighted by atomic mass is 28.4. The van der Waals surface area contributed by atoms with Crippen LogP contribution in [0.25, 0.3) is 0 Å². The molecule has 0 amide bonds. The number of carbonyl (C=O) groups is 1. The first-order valence-corrected chi connectivity index (χ1v) is 10.5. The predicted octanol–water partition coefficient (Wildman–Crippen LogP) is 5.57. The summed E-state index contributed by atoms with van der Waals surface area (Å²) in [6.07, 6.45) is 0.708. The van der Waals surface area contributed by atoms with Crippen LogP contribution in [0.2, 0.25) is 15.6 Å². The van der Waals surface area contributed by atoms with Crippen LogP contribution in [-0.2, 0) is 9.22 Å². The van der Waals surface area contributed by atoms with Crippen LogP contribution in [0.1, 0.15) is 75.7 Å². The first-order valence-electron chi connectivity index (χ1n) is 8.51. The van der Waals surface area contributed by atoms with Gasteiger partial charge in [0.05, 0.1) is 6.10 Å². The molecule has 1 rings (SSSR count). The first kappa shape index (κ1) is 18.9. The number of hydrogen-bond acceptors (Lipinski definition) is 2. The van der Waals surface area contributed by atoms with E-state index in [1.54, 1.807) is 0 Å². The van der Waals surface area contributed by atoms with Gasteiger partial charge in [0.2, 0.25) is 8.32 Å². The summed E-state index contributed by atoms with van der Waals surface area (Å²) in [6, 6.07) is 0. The second-order valence-electron chi connectivity index (χ2n) is 9.07. The van der Waals surface area contributed by atoms with Crippen molar-refractivity contribution in [3.05, 3.63) is 0 Å². The lowest BCUT2D eigenvalue weighted by molar-refractivity contribution is -0.125. The van der Waals surface area contributed by atoms with Gasteiger partial charge in [-0.15, -0.1) is 0 Å². The molecule has 0 aromatic heterocycles. The fraction of sp³-hybridized carbons (Fsp3) is 0.944. The maximum atomic E-state index is 12.2. The predicted molar refractivity (Wildman–Crippen MR) is 93.1 cm³/mol. The van der Waals surface area contributed by atoms with E-state index in [1.165, 1.54) is 0 Å². The third kappa shape index (κ3) is 2.88. The van der Waals surface area contributed by atoms with E-state index in [0.29, 0.717) is 23.7 Å². The zero-order valence-electron chi connectivity index (χ0n) is 15.8. The van der Waals surface area contributed by atoms with Crippen molar-refractivity contribution >= 4 is 14.1 Å². The fourth-order valence-corrected chi connectivity index (χ4v) is 12.7. The van der Waals surface area contributed by atoms with Crippen LogP contribution in [0.15, 0.2) is 0 Å². The molecule has 124 valence electrons. The first-order chi connectivity index (χ1) is 9.31. The molecule has 1 saturated heterocycles. The molecule has 0 spiro atoms. The van der Waals surface area contributed by atoms with E-state index in [1.807, 2.05) is 6.92 Å². The Bertz CT molecular complexity index is 375. The van der Waals surface area contributed by atoms with Gasteiger partial charge in [-0.1, -0.05) is 69.2 Å². The number of carbonyl (C=O) groups excluding carboxylic acids is 1. The highest BCUT2D eigenvalue weighted by molar-refractivity contribution is 6.81. The van der Waals surface area contributed by atoms with Crippen LogP contribution < -0.4 is 0 Å². The molecule has 1 aliphatic heterocycles. The van der Waals surface area contributed by atoms with Gasteiger partial charge in [-0.25, -0.2) is 0 Å². The lowest BCUT2D eigenvalue weighted by Gasteiger charge is -2.51. The summed E-state index contributed by atoms with van der Waals surface area (Å²) in [4.78, 5) is 12.2. The summed E-state index contributed by atoms with van der Waals surface area (Å²) < 4.78 is 6.91. The highest BCUT2D eigenvalue weighted by Gasteiger charge is 2.65. The largest absolute Gasteiger partial charge is 0.412 e. The Morgan fingerprint density at radius 2 is 1.52 bits per heavy atom.